The first-order valence-corrected chi connectivity index (χ1v) is 12.1. The molecule has 1 aromatic heterocycles. The first-order chi connectivity index (χ1) is 17.1. The molecule has 0 bridgehead atoms. The monoisotopic (exact) mass is 529 g/mol. The van der Waals surface area contributed by atoms with Gasteiger partial charge in [0.05, 0.1) is 28.8 Å². The van der Waals surface area contributed by atoms with Crippen molar-refractivity contribution in [1.29, 1.82) is 0 Å². The van der Waals surface area contributed by atoms with Gasteiger partial charge in [-0.05, 0) is 57.4 Å². The average molecular weight is 530 g/mol. The van der Waals surface area contributed by atoms with Gasteiger partial charge in [0, 0.05) is 19.6 Å². The fourth-order valence-electron chi connectivity index (χ4n) is 5.04. The number of hydrogen-bond donors (Lipinski definition) is 1. The summed E-state index contributed by atoms with van der Waals surface area (Å²) in [6.45, 7) is 5.58. The summed E-state index contributed by atoms with van der Waals surface area (Å²) in [6.07, 6.45) is -4.46. The second-order valence-electron chi connectivity index (χ2n) is 10.4. The van der Waals surface area contributed by atoms with Crippen LogP contribution in [0.5, 0.6) is 0 Å². The number of hydrogen-bond acceptors (Lipinski definition) is 5. The summed E-state index contributed by atoms with van der Waals surface area (Å²) in [5.41, 5.74) is -3.18. The number of carbonyl (C=O) groups excluding carboxylic acids is 1. The highest BCUT2D eigenvalue weighted by atomic mass is 19.4. The van der Waals surface area contributed by atoms with Crippen LogP contribution in [0.2, 0.25) is 0 Å². The summed E-state index contributed by atoms with van der Waals surface area (Å²) >= 11 is 0. The summed E-state index contributed by atoms with van der Waals surface area (Å²) < 4.78 is 80.0. The van der Waals surface area contributed by atoms with E-state index in [1.807, 2.05) is 13.8 Å². The van der Waals surface area contributed by atoms with Gasteiger partial charge in [-0.2, -0.15) is 31.3 Å². The van der Waals surface area contributed by atoms with Crippen LogP contribution in [0.4, 0.5) is 43.8 Å². The maximum atomic E-state index is 13.3. The fourth-order valence-corrected chi connectivity index (χ4v) is 5.04. The molecule has 0 spiro atoms. The van der Waals surface area contributed by atoms with Gasteiger partial charge in [-0.15, -0.1) is 0 Å². The van der Waals surface area contributed by atoms with E-state index in [-0.39, 0.29) is 29.5 Å². The molecule has 2 aromatic rings. The molecule has 0 unspecified atom stereocenters. The van der Waals surface area contributed by atoms with Gasteiger partial charge in [-0.3, -0.25) is 4.79 Å². The minimum atomic E-state index is -4.94. The summed E-state index contributed by atoms with van der Waals surface area (Å²) in [5.74, 6) is 0.453. The summed E-state index contributed by atoms with van der Waals surface area (Å²) in [5, 5.41) is 2.86. The third-order valence-corrected chi connectivity index (χ3v) is 7.05. The molecule has 12 heteroatoms. The molecular formula is C25H29F6N5O. The van der Waals surface area contributed by atoms with Crippen molar-refractivity contribution in [2.45, 2.75) is 70.9 Å². The van der Waals surface area contributed by atoms with Crippen molar-refractivity contribution < 1.29 is 31.1 Å². The number of anilines is 3. The first kappa shape index (κ1) is 27.0. The Labute approximate surface area is 211 Å². The predicted octanol–water partition coefficient (Wildman–Crippen LogP) is 6.44. The van der Waals surface area contributed by atoms with Gasteiger partial charge in [0.1, 0.15) is 5.69 Å². The van der Waals surface area contributed by atoms with Crippen LogP contribution in [0.25, 0.3) is 0 Å². The van der Waals surface area contributed by atoms with Crippen LogP contribution in [0.3, 0.4) is 0 Å². The number of alkyl halides is 6. The number of benzene rings is 1. The van der Waals surface area contributed by atoms with E-state index in [9.17, 15) is 31.1 Å². The van der Waals surface area contributed by atoms with Crippen LogP contribution >= 0.6 is 0 Å². The first-order valence-electron chi connectivity index (χ1n) is 12.1. The Morgan fingerprint density at radius 1 is 1.03 bits per heavy atom. The largest absolute Gasteiger partial charge is 0.416 e. The van der Waals surface area contributed by atoms with E-state index in [1.165, 1.54) is 18.0 Å². The highest BCUT2D eigenvalue weighted by Gasteiger charge is 2.42. The number of fused-ring (bicyclic) bond motifs is 1. The van der Waals surface area contributed by atoms with Crippen molar-refractivity contribution in [1.82, 2.24) is 9.97 Å². The summed E-state index contributed by atoms with van der Waals surface area (Å²) in [4.78, 5) is 25.6. The van der Waals surface area contributed by atoms with Gasteiger partial charge in [-0.1, -0.05) is 12.8 Å². The summed E-state index contributed by atoms with van der Waals surface area (Å²) in [6, 6.07) is 0.674. The molecule has 1 atom stereocenters. The third-order valence-electron chi connectivity index (χ3n) is 7.05. The zero-order valence-electron chi connectivity index (χ0n) is 21.0. The fraction of sp³-hybridized carbons (Fsp3) is 0.560. The lowest BCUT2D eigenvalue weighted by Crippen LogP contribution is -2.45. The molecule has 0 radical (unpaired) electrons. The number of amides is 1. The second kappa shape index (κ2) is 9.36. The number of nitrogens with zero attached hydrogens (tertiary/aromatic N) is 4. The lowest BCUT2D eigenvalue weighted by Gasteiger charge is -2.34. The molecule has 202 valence electrons. The van der Waals surface area contributed by atoms with Crippen molar-refractivity contribution in [2.24, 2.45) is 5.41 Å². The SMILES string of the molecule is C[C@H](Nc1ncc2c(n1)N(C1CCCC1)CC(C)(C)C(=O)N2C)c1cc(C(F)(F)F)cc(C(F)(F)F)c1. The molecule has 6 nitrogen and oxygen atoms in total. The zero-order valence-corrected chi connectivity index (χ0v) is 21.0. The van der Waals surface area contributed by atoms with Crippen LogP contribution in [-0.4, -0.2) is 35.5 Å². The average Bonchev–Trinajstić information content (AvgIpc) is 3.33. The molecule has 1 fully saturated rings. The topological polar surface area (TPSA) is 61.4 Å². The molecule has 0 saturated heterocycles. The van der Waals surface area contributed by atoms with Gasteiger partial charge in [0.25, 0.3) is 0 Å². The Hall–Kier alpha value is -3.05. The molecule has 1 amide bonds. The van der Waals surface area contributed by atoms with Crippen molar-refractivity contribution in [3.05, 3.63) is 41.1 Å². The summed E-state index contributed by atoms with van der Waals surface area (Å²) in [7, 11) is 1.64. The third kappa shape index (κ3) is 5.47. The number of aromatic nitrogens is 2. The Morgan fingerprint density at radius 3 is 2.14 bits per heavy atom. The van der Waals surface area contributed by atoms with Crippen molar-refractivity contribution in [3.63, 3.8) is 0 Å². The van der Waals surface area contributed by atoms with Gasteiger partial charge >= 0.3 is 12.4 Å². The van der Waals surface area contributed by atoms with E-state index in [4.69, 9.17) is 0 Å². The molecule has 37 heavy (non-hydrogen) atoms. The lowest BCUT2D eigenvalue weighted by atomic mass is 9.91. The van der Waals surface area contributed by atoms with Crippen LogP contribution in [0.1, 0.15) is 69.2 Å². The molecular weight excluding hydrogens is 500 g/mol. The predicted molar refractivity (Wildman–Crippen MR) is 127 cm³/mol. The highest BCUT2D eigenvalue weighted by Crippen LogP contribution is 2.41. The van der Waals surface area contributed by atoms with Gasteiger partial charge < -0.3 is 15.1 Å². The standard InChI is InChI=1S/C25H29F6N5O/c1-14(15-9-16(24(26,27)28)11-17(10-15)25(29,30)31)33-22-32-12-19-20(34-22)36(18-7-5-6-8-18)13-23(2,3)21(37)35(19)4/h9-12,14,18H,5-8,13H2,1-4H3,(H,32,33,34)/t14-/m0/s1. The molecule has 1 aliphatic heterocycles. The molecule has 1 aromatic carbocycles. The Balaban J connectivity index is 1.71. The number of carbonyl (C=O) groups is 1. The number of nitrogens with one attached hydrogen (secondary N) is 1. The van der Waals surface area contributed by atoms with E-state index in [2.05, 4.69) is 20.2 Å². The Kier molecular flexibility index (Phi) is 6.83. The Bertz CT molecular complexity index is 1140. The van der Waals surface area contributed by atoms with Crippen LogP contribution < -0.4 is 15.1 Å². The maximum Gasteiger partial charge on any atom is 0.416 e. The quantitative estimate of drug-likeness (QED) is 0.462. The normalized spacial score (nSPS) is 19.6. The van der Waals surface area contributed by atoms with E-state index >= 15 is 0 Å². The van der Waals surface area contributed by atoms with Crippen molar-refractivity contribution >= 4 is 23.4 Å². The van der Waals surface area contributed by atoms with E-state index < -0.39 is 34.9 Å². The van der Waals surface area contributed by atoms with Gasteiger partial charge in [0.2, 0.25) is 11.9 Å². The molecule has 4 rings (SSSR count). The molecule has 1 saturated carbocycles. The van der Waals surface area contributed by atoms with Crippen LogP contribution in [-0.2, 0) is 17.1 Å². The minimum Gasteiger partial charge on any atom is -0.351 e. The number of halogens is 6. The lowest BCUT2D eigenvalue weighted by molar-refractivity contribution is -0.143. The second-order valence-corrected chi connectivity index (χ2v) is 10.4. The smallest absolute Gasteiger partial charge is 0.351 e. The Morgan fingerprint density at radius 2 is 1.59 bits per heavy atom. The molecule has 2 aliphatic rings. The maximum absolute atomic E-state index is 13.3. The van der Waals surface area contributed by atoms with E-state index in [1.54, 1.807) is 7.05 Å². The highest BCUT2D eigenvalue weighted by molar-refractivity contribution is 6.00. The molecule has 1 aliphatic carbocycles. The molecule has 2 heterocycles. The number of rotatable bonds is 4. The van der Waals surface area contributed by atoms with Crippen LogP contribution in [0.15, 0.2) is 24.4 Å². The van der Waals surface area contributed by atoms with E-state index in [0.717, 1.165) is 25.7 Å². The van der Waals surface area contributed by atoms with Crippen molar-refractivity contribution in [2.75, 3.05) is 28.7 Å². The van der Waals surface area contributed by atoms with Gasteiger partial charge in [-0.25, -0.2) is 4.98 Å². The minimum absolute atomic E-state index is 0.0424. The van der Waals surface area contributed by atoms with E-state index in [0.29, 0.717) is 30.2 Å². The van der Waals surface area contributed by atoms with Crippen molar-refractivity contribution in [3.8, 4) is 0 Å². The molecule has 1 N–H and O–H groups in total. The van der Waals surface area contributed by atoms with Gasteiger partial charge in [0.15, 0.2) is 5.82 Å². The zero-order chi connectivity index (χ0) is 27.3. The van der Waals surface area contributed by atoms with Crippen LogP contribution in [0, 0.1) is 5.41 Å².